The first-order valence-electron chi connectivity index (χ1n) is 5.31. The molecule has 5 heteroatoms. The number of Topliss-reactive ketones (excluding diaryl/α,β-unsaturated/α-hetero) is 1. The first-order valence-corrected chi connectivity index (χ1v) is 5.31. The van der Waals surface area contributed by atoms with Gasteiger partial charge in [0.15, 0.2) is 12.0 Å². The highest BCUT2D eigenvalue weighted by Gasteiger charge is 2.24. The third-order valence-corrected chi connectivity index (χ3v) is 2.44. The molecule has 1 atom stereocenters. The topological polar surface area (TPSA) is 77.3 Å². The van der Waals surface area contributed by atoms with Crippen molar-refractivity contribution in [2.24, 2.45) is 4.99 Å². The molecule has 0 saturated heterocycles. The lowest BCUT2D eigenvalue weighted by molar-refractivity contribution is -0.113. The van der Waals surface area contributed by atoms with Crippen molar-refractivity contribution in [3.05, 3.63) is 11.3 Å². The van der Waals surface area contributed by atoms with Gasteiger partial charge in [0.05, 0.1) is 6.04 Å². The molecule has 0 unspecified atom stereocenters. The largest absolute Gasteiger partial charge is 0.329 e. The fraction of sp³-hybridized carbons (Fsp3) is 0.545. The molecule has 0 aliphatic carbocycles. The van der Waals surface area contributed by atoms with E-state index in [1.807, 2.05) is 20.0 Å². The minimum Gasteiger partial charge on any atom is -0.329 e. The van der Waals surface area contributed by atoms with Crippen LogP contribution in [0.2, 0.25) is 0 Å². The molecule has 0 aromatic rings. The van der Waals surface area contributed by atoms with E-state index in [0.29, 0.717) is 11.5 Å². The lowest BCUT2D eigenvalue weighted by Gasteiger charge is -2.24. The normalized spacial score (nSPS) is 19.6. The van der Waals surface area contributed by atoms with Crippen LogP contribution in [0.5, 0.6) is 0 Å². The average Bonchev–Trinajstić information content (AvgIpc) is 2.17. The molecule has 2 N–H and O–H groups in total. The molecular formula is C11H16N4O. The van der Waals surface area contributed by atoms with Gasteiger partial charge in [0.1, 0.15) is 0 Å². The van der Waals surface area contributed by atoms with Crippen LogP contribution in [0.3, 0.4) is 0 Å². The summed E-state index contributed by atoms with van der Waals surface area (Å²) in [4.78, 5) is 15.8. The fourth-order valence-corrected chi connectivity index (χ4v) is 1.84. The van der Waals surface area contributed by atoms with Crippen LogP contribution in [-0.2, 0) is 4.79 Å². The summed E-state index contributed by atoms with van der Waals surface area (Å²) in [7, 11) is 0. The second-order valence-electron chi connectivity index (χ2n) is 3.74. The van der Waals surface area contributed by atoms with Crippen molar-refractivity contribution in [1.29, 1.82) is 5.26 Å². The van der Waals surface area contributed by atoms with Crippen LogP contribution in [-0.4, -0.2) is 17.8 Å². The maximum Gasteiger partial charge on any atom is 0.209 e. The summed E-state index contributed by atoms with van der Waals surface area (Å²) in [5.74, 6) is 0.451. The van der Waals surface area contributed by atoms with Gasteiger partial charge in [0.25, 0.3) is 0 Å². The van der Waals surface area contributed by atoms with Gasteiger partial charge < -0.3 is 5.32 Å². The van der Waals surface area contributed by atoms with Crippen molar-refractivity contribution in [2.75, 3.05) is 0 Å². The Labute approximate surface area is 95.2 Å². The third kappa shape index (κ3) is 2.60. The van der Waals surface area contributed by atoms with Crippen LogP contribution < -0.4 is 10.6 Å². The van der Waals surface area contributed by atoms with Crippen molar-refractivity contribution < 1.29 is 4.79 Å². The summed E-state index contributed by atoms with van der Waals surface area (Å²) in [6.07, 6.45) is 3.57. The van der Waals surface area contributed by atoms with Gasteiger partial charge in [-0.1, -0.05) is 13.3 Å². The number of ketones is 1. The average molecular weight is 220 g/mol. The second kappa shape index (κ2) is 5.31. The molecule has 0 spiro atoms. The van der Waals surface area contributed by atoms with Gasteiger partial charge in [-0.15, -0.1) is 0 Å². The molecule has 1 heterocycles. The molecule has 86 valence electrons. The number of carbonyl (C=O) groups excluding carboxylic acids is 1. The van der Waals surface area contributed by atoms with Crippen molar-refractivity contribution in [3.8, 4) is 6.19 Å². The Kier molecular flexibility index (Phi) is 4.06. The van der Waals surface area contributed by atoms with Gasteiger partial charge in [-0.3, -0.25) is 10.1 Å². The number of carbonyl (C=O) groups is 1. The highest BCUT2D eigenvalue weighted by Crippen LogP contribution is 2.20. The summed E-state index contributed by atoms with van der Waals surface area (Å²) in [5, 5.41) is 13.9. The number of hydrogen-bond donors (Lipinski definition) is 2. The molecule has 0 aromatic heterocycles. The fourth-order valence-electron chi connectivity index (χ4n) is 1.84. The van der Waals surface area contributed by atoms with E-state index in [9.17, 15) is 4.79 Å². The highest BCUT2D eigenvalue weighted by atomic mass is 16.1. The van der Waals surface area contributed by atoms with Gasteiger partial charge in [0.2, 0.25) is 5.96 Å². The first-order chi connectivity index (χ1) is 7.60. The number of nitrogens with one attached hydrogen (secondary N) is 2. The Balaban J connectivity index is 2.98. The zero-order valence-corrected chi connectivity index (χ0v) is 9.79. The molecule has 16 heavy (non-hydrogen) atoms. The van der Waals surface area contributed by atoms with Crippen LogP contribution in [0.15, 0.2) is 16.3 Å². The summed E-state index contributed by atoms with van der Waals surface area (Å²) >= 11 is 0. The van der Waals surface area contributed by atoms with Gasteiger partial charge in [0, 0.05) is 11.3 Å². The lowest BCUT2D eigenvalue weighted by atomic mass is 9.97. The molecule has 1 aliphatic heterocycles. The lowest BCUT2D eigenvalue weighted by Crippen LogP contribution is -2.40. The predicted octanol–water partition coefficient (Wildman–Crippen LogP) is 1.05. The van der Waals surface area contributed by atoms with Crippen LogP contribution in [0.1, 0.15) is 33.6 Å². The highest BCUT2D eigenvalue weighted by molar-refractivity contribution is 5.98. The summed E-state index contributed by atoms with van der Waals surface area (Å²) in [5.41, 5.74) is 1.49. The van der Waals surface area contributed by atoms with E-state index in [0.717, 1.165) is 18.5 Å². The molecule has 1 rings (SSSR count). The van der Waals surface area contributed by atoms with E-state index < -0.39 is 0 Å². The summed E-state index contributed by atoms with van der Waals surface area (Å²) in [6, 6.07) is -0.139. The molecule has 5 nitrogen and oxygen atoms in total. The van der Waals surface area contributed by atoms with Gasteiger partial charge >= 0.3 is 0 Å². The zero-order chi connectivity index (χ0) is 12.1. The molecule has 0 fully saturated rings. The number of nitrogens with zero attached hydrogens (tertiary/aromatic N) is 2. The van der Waals surface area contributed by atoms with Gasteiger partial charge in [-0.05, 0) is 20.3 Å². The van der Waals surface area contributed by atoms with E-state index in [2.05, 4.69) is 15.6 Å². The number of nitriles is 1. The Morgan fingerprint density at radius 3 is 2.88 bits per heavy atom. The van der Waals surface area contributed by atoms with Crippen molar-refractivity contribution >= 4 is 11.7 Å². The predicted molar refractivity (Wildman–Crippen MR) is 61.4 cm³/mol. The van der Waals surface area contributed by atoms with E-state index in [-0.39, 0.29) is 11.8 Å². The maximum absolute atomic E-state index is 11.5. The molecular weight excluding hydrogens is 204 g/mol. The van der Waals surface area contributed by atoms with E-state index >= 15 is 0 Å². The number of hydrogen-bond acceptors (Lipinski definition) is 5. The summed E-state index contributed by atoms with van der Waals surface area (Å²) in [6.45, 7) is 5.41. The zero-order valence-electron chi connectivity index (χ0n) is 9.79. The quantitative estimate of drug-likeness (QED) is 0.550. The number of allylic oxidation sites excluding steroid dienone is 1. The number of rotatable bonds is 3. The van der Waals surface area contributed by atoms with Crippen molar-refractivity contribution in [3.63, 3.8) is 0 Å². The molecule has 0 aromatic carbocycles. The van der Waals surface area contributed by atoms with E-state index in [1.54, 1.807) is 6.92 Å². The Morgan fingerprint density at radius 1 is 1.69 bits per heavy atom. The Morgan fingerprint density at radius 2 is 2.38 bits per heavy atom. The van der Waals surface area contributed by atoms with E-state index in [4.69, 9.17) is 5.26 Å². The second-order valence-corrected chi connectivity index (χ2v) is 3.74. The standard InChI is InChI=1S/C11H16N4O/c1-4-5-9-10(8(3)16)7(2)14-11(15-9)13-6-12/h9H,4-5H2,1-3H3,(H2,13,14,15)/t9-/m1/s1. The Hall–Kier alpha value is -1.83. The molecule has 0 amide bonds. The van der Waals surface area contributed by atoms with Crippen LogP contribution >= 0.6 is 0 Å². The van der Waals surface area contributed by atoms with E-state index in [1.165, 1.54) is 0 Å². The van der Waals surface area contributed by atoms with Crippen LogP contribution in [0.25, 0.3) is 0 Å². The SMILES string of the molecule is CCC[C@H]1N=C(NC#N)NC(C)=C1C(C)=O. The number of aliphatic imine (C=N–C) groups is 1. The first kappa shape index (κ1) is 12.2. The molecule has 0 radical (unpaired) electrons. The monoisotopic (exact) mass is 220 g/mol. The van der Waals surface area contributed by atoms with Crippen LogP contribution in [0.4, 0.5) is 0 Å². The summed E-state index contributed by atoms with van der Waals surface area (Å²) < 4.78 is 0. The van der Waals surface area contributed by atoms with Crippen molar-refractivity contribution in [1.82, 2.24) is 10.6 Å². The van der Waals surface area contributed by atoms with Gasteiger partial charge in [-0.25, -0.2) is 4.99 Å². The third-order valence-electron chi connectivity index (χ3n) is 2.44. The van der Waals surface area contributed by atoms with Crippen molar-refractivity contribution in [2.45, 2.75) is 39.7 Å². The molecule has 0 bridgehead atoms. The minimum atomic E-state index is -0.139. The maximum atomic E-state index is 11.5. The smallest absolute Gasteiger partial charge is 0.209 e. The Bertz CT molecular complexity index is 389. The van der Waals surface area contributed by atoms with Gasteiger partial charge in [-0.2, -0.15) is 5.26 Å². The molecule has 1 aliphatic rings. The number of guanidine groups is 1. The van der Waals surface area contributed by atoms with Crippen LogP contribution in [0, 0.1) is 11.5 Å². The minimum absolute atomic E-state index is 0.0307. The molecule has 0 saturated carbocycles.